The minimum atomic E-state index is -3.65. The number of rotatable bonds is 5. The van der Waals surface area contributed by atoms with Crippen LogP contribution in [0.1, 0.15) is 16.7 Å². The maximum absolute atomic E-state index is 12.4. The first kappa shape index (κ1) is 15.9. The summed E-state index contributed by atoms with van der Waals surface area (Å²) in [4.78, 5) is 4.04. The molecule has 0 radical (unpaired) electrons. The van der Waals surface area contributed by atoms with Crippen LogP contribution < -0.4 is 10.5 Å². The van der Waals surface area contributed by atoms with Crippen LogP contribution in [0.4, 0.5) is 0 Å². The van der Waals surface area contributed by atoms with Gasteiger partial charge >= 0.3 is 0 Å². The molecule has 0 aliphatic rings. The fraction of sp³-hybridized carbons (Fsp3) is 0.214. The molecule has 5 nitrogen and oxygen atoms in total. The van der Waals surface area contributed by atoms with Gasteiger partial charge in [0.05, 0.1) is 4.90 Å². The fourth-order valence-corrected chi connectivity index (χ4v) is 3.59. The molecule has 0 saturated heterocycles. The number of hydrogen-bond donors (Lipinski definition) is 2. The van der Waals surface area contributed by atoms with Gasteiger partial charge in [-0.25, -0.2) is 13.1 Å². The average molecular weight is 326 g/mol. The van der Waals surface area contributed by atoms with E-state index in [1.54, 1.807) is 37.5 Å². The predicted octanol–water partition coefficient (Wildman–Crippen LogP) is 1.98. The van der Waals surface area contributed by atoms with Crippen molar-refractivity contribution in [2.75, 3.05) is 0 Å². The highest BCUT2D eigenvalue weighted by atomic mass is 35.5. The topological polar surface area (TPSA) is 85.1 Å². The summed E-state index contributed by atoms with van der Waals surface area (Å²) >= 11 is 5.97. The molecule has 0 fully saturated rings. The molecule has 0 spiro atoms. The van der Waals surface area contributed by atoms with Gasteiger partial charge in [-0.1, -0.05) is 11.6 Å². The van der Waals surface area contributed by atoms with Crippen molar-refractivity contribution in [3.05, 3.63) is 58.4 Å². The Kier molecular flexibility index (Phi) is 4.95. The van der Waals surface area contributed by atoms with E-state index in [4.69, 9.17) is 17.3 Å². The monoisotopic (exact) mass is 325 g/mol. The van der Waals surface area contributed by atoms with Gasteiger partial charge in [0.15, 0.2) is 0 Å². The van der Waals surface area contributed by atoms with Crippen LogP contribution in [-0.2, 0) is 23.1 Å². The molecule has 0 atom stereocenters. The third-order valence-electron chi connectivity index (χ3n) is 3.16. The van der Waals surface area contributed by atoms with Gasteiger partial charge in [0.2, 0.25) is 10.0 Å². The molecule has 3 N–H and O–H groups in total. The second kappa shape index (κ2) is 6.53. The minimum Gasteiger partial charge on any atom is -0.326 e. The lowest BCUT2D eigenvalue weighted by Gasteiger charge is -2.13. The Morgan fingerprint density at radius 1 is 1.29 bits per heavy atom. The molecule has 1 aromatic carbocycles. The summed E-state index contributed by atoms with van der Waals surface area (Å²) in [6.07, 6.45) is 3.22. The molecule has 0 saturated carbocycles. The Bertz CT molecular complexity index is 733. The molecular weight excluding hydrogens is 310 g/mol. The second-order valence-electron chi connectivity index (χ2n) is 4.57. The highest BCUT2D eigenvalue weighted by Crippen LogP contribution is 2.24. The lowest BCUT2D eigenvalue weighted by molar-refractivity contribution is 0.580. The van der Waals surface area contributed by atoms with E-state index in [1.165, 1.54) is 6.07 Å². The molecule has 2 aromatic rings. The predicted molar refractivity (Wildman–Crippen MR) is 82.3 cm³/mol. The third kappa shape index (κ3) is 3.79. The highest BCUT2D eigenvalue weighted by Gasteiger charge is 2.19. The molecule has 0 aliphatic carbocycles. The second-order valence-corrected chi connectivity index (χ2v) is 6.74. The van der Waals surface area contributed by atoms with Gasteiger partial charge < -0.3 is 5.73 Å². The SMILES string of the molecule is Cc1c(CN)cc(Cl)cc1S(=O)(=O)NCc1ccncc1. The lowest BCUT2D eigenvalue weighted by Crippen LogP contribution is -2.24. The standard InChI is InChI=1S/C14H16ClN3O2S/c1-10-12(8-16)6-13(15)7-14(10)21(19,20)18-9-11-2-4-17-5-3-11/h2-7,18H,8-9,16H2,1H3. The van der Waals surface area contributed by atoms with E-state index in [0.29, 0.717) is 16.1 Å². The molecule has 21 heavy (non-hydrogen) atoms. The van der Waals surface area contributed by atoms with Crippen LogP contribution in [0.25, 0.3) is 0 Å². The fourth-order valence-electron chi connectivity index (χ4n) is 1.96. The summed E-state index contributed by atoms with van der Waals surface area (Å²) < 4.78 is 27.4. The van der Waals surface area contributed by atoms with Crippen molar-refractivity contribution in [3.63, 3.8) is 0 Å². The number of nitrogens with zero attached hydrogens (tertiary/aromatic N) is 1. The maximum atomic E-state index is 12.4. The Morgan fingerprint density at radius 3 is 2.57 bits per heavy atom. The zero-order chi connectivity index (χ0) is 15.5. The van der Waals surface area contributed by atoms with E-state index in [9.17, 15) is 8.42 Å². The van der Waals surface area contributed by atoms with Crippen LogP contribution in [0.3, 0.4) is 0 Å². The Hall–Kier alpha value is -1.47. The third-order valence-corrected chi connectivity index (χ3v) is 4.90. The van der Waals surface area contributed by atoms with Crippen molar-refractivity contribution in [1.82, 2.24) is 9.71 Å². The summed E-state index contributed by atoms with van der Waals surface area (Å²) in [7, 11) is -3.65. The van der Waals surface area contributed by atoms with Crippen molar-refractivity contribution in [2.45, 2.75) is 24.9 Å². The van der Waals surface area contributed by atoms with Crippen molar-refractivity contribution in [3.8, 4) is 0 Å². The Morgan fingerprint density at radius 2 is 1.95 bits per heavy atom. The highest BCUT2D eigenvalue weighted by molar-refractivity contribution is 7.89. The largest absolute Gasteiger partial charge is 0.326 e. The van der Waals surface area contributed by atoms with Gasteiger partial charge in [-0.05, 0) is 47.9 Å². The first-order valence-electron chi connectivity index (χ1n) is 6.31. The number of aromatic nitrogens is 1. The van der Waals surface area contributed by atoms with Crippen molar-refractivity contribution in [1.29, 1.82) is 0 Å². The number of nitrogens with one attached hydrogen (secondary N) is 1. The number of sulfonamides is 1. The normalized spacial score (nSPS) is 11.6. The molecular formula is C14H16ClN3O2S. The first-order chi connectivity index (χ1) is 9.94. The molecule has 2 rings (SSSR count). The molecule has 112 valence electrons. The molecule has 0 unspecified atom stereocenters. The summed E-state index contributed by atoms with van der Waals surface area (Å²) in [6.45, 7) is 2.15. The van der Waals surface area contributed by atoms with E-state index >= 15 is 0 Å². The molecule has 0 bridgehead atoms. The van der Waals surface area contributed by atoms with Crippen LogP contribution in [0.15, 0.2) is 41.6 Å². The average Bonchev–Trinajstić information content (AvgIpc) is 2.48. The van der Waals surface area contributed by atoms with Crippen molar-refractivity contribution in [2.24, 2.45) is 5.73 Å². The summed E-state index contributed by atoms with van der Waals surface area (Å²) in [6, 6.07) is 6.61. The maximum Gasteiger partial charge on any atom is 0.241 e. The van der Waals surface area contributed by atoms with E-state index in [2.05, 4.69) is 9.71 Å². The van der Waals surface area contributed by atoms with Crippen molar-refractivity contribution < 1.29 is 8.42 Å². The summed E-state index contributed by atoms with van der Waals surface area (Å²) in [5, 5.41) is 0.352. The van der Waals surface area contributed by atoms with E-state index < -0.39 is 10.0 Å². The van der Waals surface area contributed by atoms with Crippen molar-refractivity contribution >= 4 is 21.6 Å². The number of pyridine rings is 1. The van der Waals surface area contributed by atoms with Gasteiger partial charge in [0, 0.05) is 30.5 Å². The van der Waals surface area contributed by atoms with Gasteiger partial charge in [-0.3, -0.25) is 4.98 Å². The van der Waals surface area contributed by atoms with Crippen LogP contribution in [0.5, 0.6) is 0 Å². The lowest BCUT2D eigenvalue weighted by atomic mass is 10.1. The van der Waals surface area contributed by atoms with Crippen LogP contribution in [0, 0.1) is 6.92 Å². The number of hydrogen-bond acceptors (Lipinski definition) is 4. The van der Waals surface area contributed by atoms with Gasteiger partial charge in [0.25, 0.3) is 0 Å². The molecule has 0 aliphatic heterocycles. The van der Waals surface area contributed by atoms with E-state index in [0.717, 1.165) is 5.56 Å². The molecule has 7 heteroatoms. The molecule has 1 heterocycles. The minimum absolute atomic E-state index is 0.157. The zero-order valence-corrected chi connectivity index (χ0v) is 13.1. The van der Waals surface area contributed by atoms with E-state index in [-0.39, 0.29) is 18.0 Å². The number of benzene rings is 1. The number of nitrogens with two attached hydrogens (primary N) is 1. The first-order valence-corrected chi connectivity index (χ1v) is 8.18. The van der Waals surface area contributed by atoms with Crippen LogP contribution >= 0.6 is 11.6 Å². The molecule has 1 aromatic heterocycles. The Balaban J connectivity index is 2.30. The van der Waals surface area contributed by atoms with Crippen LogP contribution in [0.2, 0.25) is 5.02 Å². The van der Waals surface area contributed by atoms with Gasteiger partial charge in [-0.15, -0.1) is 0 Å². The summed E-state index contributed by atoms with van der Waals surface area (Å²) in [5.74, 6) is 0. The summed E-state index contributed by atoms with van der Waals surface area (Å²) in [5.41, 5.74) is 7.77. The Labute approximate surface area is 129 Å². The van der Waals surface area contributed by atoms with Gasteiger partial charge in [0.1, 0.15) is 0 Å². The number of halogens is 1. The van der Waals surface area contributed by atoms with Crippen LogP contribution in [-0.4, -0.2) is 13.4 Å². The van der Waals surface area contributed by atoms with E-state index in [1.807, 2.05) is 0 Å². The quantitative estimate of drug-likeness (QED) is 0.880. The smallest absolute Gasteiger partial charge is 0.241 e. The zero-order valence-electron chi connectivity index (χ0n) is 11.5. The van der Waals surface area contributed by atoms with Gasteiger partial charge in [-0.2, -0.15) is 0 Å². The molecule has 0 amide bonds.